The Bertz CT molecular complexity index is 989. The lowest BCUT2D eigenvalue weighted by molar-refractivity contribution is -0.143. The molecule has 0 radical (unpaired) electrons. The topological polar surface area (TPSA) is 11.4 Å². The summed E-state index contributed by atoms with van der Waals surface area (Å²) in [6.07, 6.45) is -4.43. The zero-order valence-corrected chi connectivity index (χ0v) is 16.3. The number of rotatable bonds is 3. The van der Waals surface area contributed by atoms with Gasteiger partial charge in [-0.15, -0.1) is 0 Å². The minimum Gasteiger partial charge on any atom is -0.368 e. The average molecular weight is 424 g/mol. The summed E-state index contributed by atoms with van der Waals surface area (Å²) in [6, 6.07) is 13.8. The molecule has 0 N–H and O–H groups in total. The molecule has 0 bridgehead atoms. The minimum absolute atomic E-state index is 0. The van der Waals surface area contributed by atoms with E-state index in [4.69, 9.17) is 11.6 Å². The average Bonchev–Trinajstić information content (AvgIpc) is 3.02. The molecule has 4 rings (SSSR count). The quantitative estimate of drug-likeness (QED) is 0.531. The molecule has 29 heavy (non-hydrogen) atoms. The van der Waals surface area contributed by atoms with Gasteiger partial charge in [0.25, 0.3) is 0 Å². The Morgan fingerprint density at radius 2 is 1.66 bits per heavy atom. The van der Waals surface area contributed by atoms with Crippen LogP contribution in [0.2, 0.25) is 5.02 Å². The van der Waals surface area contributed by atoms with E-state index in [0.717, 1.165) is 37.4 Å². The SMILES string of the molecule is C.CN1CCN(c2cccc3c2cc(C(F)(F)F)n3Cc2cccc(Cl)c2)CC1. The number of nitrogens with zero attached hydrogens (tertiary/aromatic N) is 3. The first-order chi connectivity index (χ1) is 13.3. The maximum absolute atomic E-state index is 13.8. The van der Waals surface area contributed by atoms with Gasteiger partial charge in [-0.3, -0.25) is 0 Å². The van der Waals surface area contributed by atoms with Crippen molar-refractivity contribution < 1.29 is 13.2 Å². The Morgan fingerprint density at radius 3 is 2.31 bits per heavy atom. The second kappa shape index (κ2) is 8.28. The van der Waals surface area contributed by atoms with Crippen LogP contribution in [0, 0.1) is 0 Å². The van der Waals surface area contributed by atoms with Crippen LogP contribution in [0.4, 0.5) is 18.9 Å². The molecule has 3 nitrogen and oxygen atoms in total. The molecule has 0 saturated carbocycles. The van der Waals surface area contributed by atoms with E-state index < -0.39 is 11.9 Å². The predicted octanol–water partition coefficient (Wildman–Crippen LogP) is 5.75. The van der Waals surface area contributed by atoms with Gasteiger partial charge in [-0.25, -0.2) is 0 Å². The highest BCUT2D eigenvalue weighted by atomic mass is 35.5. The summed E-state index contributed by atoms with van der Waals surface area (Å²) in [7, 11) is 2.06. The molecule has 1 fully saturated rings. The number of hydrogen-bond acceptors (Lipinski definition) is 2. The van der Waals surface area contributed by atoms with Crippen molar-refractivity contribution in [3.8, 4) is 0 Å². The lowest BCUT2D eigenvalue weighted by atomic mass is 10.1. The molecule has 1 aromatic heterocycles. The van der Waals surface area contributed by atoms with Gasteiger partial charge in [-0.1, -0.05) is 37.2 Å². The summed E-state index contributed by atoms with van der Waals surface area (Å²) in [5.41, 5.74) is 1.55. The normalized spacial score (nSPS) is 15.6. The lowest BCUT2D eigenvalue weighted by Crippen LogP contribution is -2.44. The maximum atomic E-state index is 13.8. The van der Waals surface area contributed by atoms with Gasteiger partial charge in [0, 0.05) is 48.8 Å². The Kier molecular flexibility index (Phi) is 6.15. The Balaban J connectivity index is 0.00000240. The number of piperazine rings is 1. The number of likely N-dealkylation sites (N-methyl/N-ethyl adjacent to an activating group) is 1. The summed E-state index contributed by atoms with van der Waals surface area (Å²) in [6.45, 7) is 3.51. The first-order valence-corrected chi connectivity index (χ1v) is 9.58. The van der Waals surface area contributed by atoms with Gasteiger partial charge in [-0.2, -0.15) is 13.2 Å². The highest BCUT2D eigenvalue weighted by Crippen LogP contribution is 2.38. The number of benzene rings is 2. The van der Waals surface area contributed by atoms with Crippen molar-refractivity contribution in [3.63, 3.8) is 0 Å². The smallest absolute Gasteiger partial charge is 0.368 e. The lowest BCUT2D eigenvalue weighted by Gasteiger charge is -2.34. The van der Waals surface area contributed by atoms with Gasteiger partial charge < -0.3 is 14.4 Å². The minimum atomic E-state index is -4.43. The van der Waals surface area contributed by atoms with Crippen LogP contribution in [0.5, 0.6) is 0 Å². The summed E-state index contributed by atoms with van der Waals surface area (Å²) in [4.78, 5) is 4.40. The third-order valence-electron chi connectivity index (χ3n) is 5.29. The van der Waals surface area contributed by atoms with Gasteiger partial charge in [0.1, 0.15) is 5.69 Å². The van der Waals surface area contributed by atoms with Gasteiger partial charge in [0.15, 0.2) is 0 Å². The summed E-state index contributed by atoms with van der Waals surface area (Å²) < 4.78 is 42.8. The van der Waals surface area contributed by atoms with Crippen LogP contribution in [0.25, 0.3) is 10.9 Å². The van der Waals surface area contributed by atoms with Gasteiger partial charge >= 0.3 is 6.18 Å². The molecule has 1 saturated heterocycles. The third-order valence-corrected chi connectivity index (χ3v) is 5.52. The van der Waals surface area contributed by atoms with Crippen molar-refractivity contribution in [3.05, 3.63) is 64.8 Å². The first kappa shape index (κ1) is 21.5. The van der Waals surface area contributed by atoms with E-state index in [0.29, 0.717) is 15.9 Å². The van der Waals surface area contributed by atoms with Crippen molar-refractivity contribution in [1.29, 1.82) is 0 Å². The zero-order valence-electron chi connectivity index (χ0n) is 15.5. The second-order valence-electron chi connectivity index (χ2n) is 7.24. The molecule has 3 aromatic rings. The fourth-order valence-corrected chi connectivity index (χ4v) is 4.03. The molecular formula is C22H25ClF3N3. The van der Waals surface area contributed by atoms with Gasteiger partial charge in [-0.05, 0) is 42.9 Å². The van der Waals surface area contributed by atoms with Crippen LogP contribution in [-0.2, 0) is 12.7 Å². The maximum Gasteiger partial charge on any atom is 0.431 e. The van der Waals surface area contributed by atoms with E-state index in [1.165, 1.54) is 10.6 Å². The largest absolute Gasteiger partial charge is 0.431 e. The van der Waals surface area contributed by atoms with E-state index in [-0.39, 0.29) is 14.0 Å². The predicted molar refractivity (Wildman–Crippen MR) is 114 cm³/mol. The van der Waals surface area contributed by atoms with Crippen molar-refractivity contribution in [2.45, 2.75) is 20.1 Å². The molecule has 0 spiro atoms. The fourth-order valence-electron chi connectivity index (χ4n) is 3.82. The molecule has 7 heteroatoms. The summed E-state index contributed by atoms with van der Waals surface area (Å²) in [5.74, 6) is 0. The molecular weight excluding hydrogens is 399 g/mol. The molecule has 1 aliphatic heterocycles. The van der Waals surface area contributed by atoms with Crippen molar-refractivity contribution in [2.75, 3.05) is 38.1 Å². The number of hydrogen-bond donors (Lipinski definition) is 0. The highest BCUT2D eigenvalue weighted by Gasteiger charge is 2.36. The van der Waals surface area contributed by atoms with Crippen LogP contribution in [-0.4, -0.2) is 42.7 Å². The van der Waals surface area contributed by atoms with Crippen molar-refractivity contribution >= 4 is 28.2 Å². The van der Waals surface area contributed by atoms with Gasteiger partial charge in [0.2, 0.25) is 0 Å². The molecule has 2 aromatic carbocycles. The fraction of sp³-hybridized carbons (Fsp3) is 0.364. The monoisotopic (exact) mass is 423 g/mol. The zero-order chi connectivity index (χ0) is 19.9. The number of aromatic nitrogens is 1. The molecule has 2 heterocycles. The van der Waals surface area contributed by atoms with Crippen LogP contribution in [0.1, 0.15) is 18.7 Å². The number of fused-ring (bicyclic) bond motifs is 1. The Hall–Kier alpha value is -2.18. The first-order valence-electron chi connectivity index (χ1n) is 9.20. The van der Waals surface area contributed by atoms with E-state index in [1.54, 1.807) is 30.3 Å². The van der Waals surface area contributed by atoms with Crippen molar-refractivity contribution in [2.24, 2.45) is 0 Å². The van der Waals surface area contributed by atoms with Crippen LogP contribution in [0.3, 0.4) is 0 Å². The molecule has 1 aliphatic rings. The summed E-state index contributed by atoms with van der Waals surface area (Å²) >= 11 is 6.03. The standard InChI is InChI=1S/C21H21ClF3N3.CH4/c1-26-8-10-27(11-9-26)18-6-3-7-19-17(18)13-20(21(23,24)25)28(19)14-15-4-2-5-16(22)12-15;/h2-7,12-13H,8-11,14H2,1H3;1H4. The van der Waals surface area contributed by atoms with Crippen LogP contribution < -0.4 is 4.90 Å². The molecule has 0 amide bonds. The van der Waals surface area contributed by atoms with E-state index in [9.17, 15) is 13.2 Å². The van der Waals surface area contributed by atoms with E-state index in [2.05, 4.69) is 16.8 Å². The van der Waals surface area contributed by atoms with Crippen LogP contribution >= 0.6 is 11.6 Å². The number of halogens is 4. The highest BCUT2D eigenvalue weighted by molar-refractivity contribution is 6.30. The molecule has 0 unspecified atom stereocenters. The Morgan fingerprint density at radius 1 is 0.966 bits per heavy atom. The molecule has 0 atom stereocenters. The van der Waals surface area contributed by atoms with E-state index in [1.807, 2.05) is 12.1 Å². The van der Waals surface area contributed by atoms with Crippen molar-refractivity contribution in [1.82, 2.24) is 9.47 Å². The second-order valence-corrected chi connectivity index (χ2v) is 7.68. The number of anilines is 1. The third kappa shape index (κ3) is 4.38. The number of alkyl halides is 3. The Labute approximate surface area is 174 Å². The van der Waals surface area contributed by atoms with E-state index >= 15 is 0 Å². The summed E-state index contributed by atoms with van der Waals surface area (Å²) in [5, 5.41) is 1.15. The van der Waals surface area contributed by atoms with Gasteiger partial charge in [0.05, 0.1) is 5.52 Å². The van der Waals surface area contributed by atoms with Crippen LogP contribution in [0.15, 0.2) is 48.5 Å². The molecule has 156 valence electrons. The molecule has 0 aliphatic carbocycles.